The van der Waals surface area contributed by atoms with Crippen LogP contribution in [0.2, 0.25) is 0 Å². The van der Waals surface area contributed by atoms with Crippen molar-refractivity contribution in [2.75, 3.05) is 39.8 Å². The summed E-state index contributed by atoms with van der Waals surface area (Å²) in [5.41, 5.74) is 1.38. The van der Waals surface area contributed by atoms with Gasteiger partial charge in [0.25, 0.3) is 0 Å². The van der Waals surface area contributed by atoms with Gasteiger partial charge in [-0.25, -0.2) is 0 Å². The van der Waals surface area contributed by atoms with Crippen molar-refractivity contribution in [2.45, 2.75) is 52.2 Å². The number of aliphatic imine (C=N–C) groups is 1. The zero-order valence-corrected chi connectivity index (χ0v) is 21.7. The Labute approximate surface area is 196 Å². The van der Waals surface area contributed by atoms with Gasteiger partial charge >= 0.3 is 0 Å². The molecule has 1 fully saturated rings. The van der Waals surface area contributed by atoms with Gasteiger partial charge in [-0.2, -0.15) is 0 Å². The normalized spacial score (nSPS) is 16.3. The molecule has 1 aromatic carbocycles. The van der Waals surface area contributed by atoms with Crippen molar-refractivity contribution in [2.24, 2.45) is 4.99 Å². The molecule has 1 aliphatic rings. The number of nitrogens with zero attached hydrogens (tertiary/aromatic N) is 3. The van der Waals surface area contributed by atoms with Crippen molar-refractivity contribution >= 4 is 45.9 Å². The lowest BCUT2D eigenvalue weighted by molar-refractivity contribution is 0.198. The number of hydrogen-bond acceptors (Lipinski definition) is 3. The van der Waals surface area contributed by atoms with Crippen LogP contribution in [0, 0.1) is 0 Å². The first kappa shape index (κ1) is 25.7. The molecule has 0 amide bonds. The molecule has 0 aromatic heterocycles. The first-order chi connectivity index (χ1) is 13.0. The first-order valence-corrected chi connectivity index (χ1v) is 11.0. The summed E-state index contributed by atoms with van der Waals surface area (Å²) in [5, 5.41) is 7.08. The fourth-order valence-electron chi connectivity index (χ4n) is 3.57. The molecule has 2 N–H and O–H groups in total. The minimum Gasteiger partial charge on any atom is -0.355 e. The third-order valence-corrected chi connectivity index (χ3v) is 5.83. The molecule has 1 heterocycles. The van der Waals surface area contributed by atoms with Crippen LogP contribution in [0.1, 0.15) is 39.2 Å². The smallest absolute Gasteiger partial charge is 0.191 e. The summed E-state index contributed by atoms with van der Waals surface area (Å²) in [4.78, 5) is 9.40. The predicted molar refractivity (Wildman–Crippen MR) is 135 cm³/mol. The monoisotopic (exact) mass is 565 g/mol. The average molecular weight is 566 g/mol. The summed E-state index contributed by atoms with van der Waals surface area (Å²) in [6, 6.07) is 9.75. The van der Waals surface area contributed by atoms with Crippen LogP contribution in [-0.4, -0.2) is 67.6 Å². The van der Waals surface area contributed by atoms with Crippen molar-refractivity contribution in [3.05, 3.63) is 34.3 Å². The molecule has 2 rings (SSSR count). The van der Waals surface area contributed by atoms with Crippen molar-refractivity contribution < 1.29 is 0 Å². The fraction of sp³-hybridized carbons (Fsp3) is 0.667. The molecular formula is C21H37BrIN5. The van der Waals surface area contributed by atoms with E-state index in [-0.39, 0.29) is 24.0 Å². The largest absolute Gasteiger partial charge is 0.355 e. The summed E-state index contributed by atoms with van der Waals surface area (Å²) < 4.78 is 1.14. The Morgan fingerprint density at radius 2 is 1.89 bits per heavy atom. The van der Waals surface area contributed by atoms with Gasteiger partial charge in [-0.15, -0.1) is 24.0 Å². The van der Waals surface area contributed by atoms with E-state index < -0.39 is 0 Å². The zero-order valence-electron chi connectivity index (χ0n) is 17.7. The summed E-state index contributed by atoms with van der Waals surface area (Å²) in [6.45, 7) is 13.1. The Morgan fingerprint density at radius 3 is 2.43 bits per heavy atom. The highest BCUT2D eigenvalue weighted by molar-refractivity contribution is 14.0. The van der Waals surface area contributed by atoms with E-state index in [0.717, 1.165) is 62.5 Å². The minimum absolute atomic E-state index is 0. The van der Waals surface area contributed by atoms with Crippen LogP contribution < -0.4 is 10.6 Å². The highest BCUT2D eigenvalue weighted by Gasteiger charge is 2.20. The summed E-state index contributed by atoms with van der Waals surface area (Å²) in [6.07, 6.45) is 2.31. The molecule has 28 heavy (non-hydrogen) atoms. The van der Waals surface area contributed by atoms with Crippen molar-refractivity contribution in [1.82, 2.24) is 20.4 Å². The second-order valence-electron chi connectivity index (χ2n) is 7.54. The van der Waals surface area contributed by atoms with E-state index in [9.17, 15) is 0 Å². The van der Waals surface area contributed by atoms with Crippen LogP contribution in [0.4, 0.5) is 0 Å². The van der Waals surface area contributed by atoms with Crippen molar-refractivity contribution in [3.8, 4) is 0 Å². The molecule has 0 radical (unpaired) electrons. The molecule has 1 aromatic rings. The molecule has 5 nitrogen and oxygen atoms in total. The van der Waals surface area contributed by atoms with Crippen LogP contribution in [0.15, 0.2) is 33.7 Å². The van der Waals surface area contributed by atoms with Gasteiger partial charge in [0.2, 0.25) is 0 Å². The first-order valence-electron chi connectivity index (χ1n) is 10.2. The van der Waals surface area contributed by atoms with E-state index in [1.54, 1.807) is 0 Å². The quantitative estimate of drug-likeness (QED) is 0.285. The molecule has 160 valence electrons. The standard InChI is InChI=1S/C21H36BrN5.HI/c1-5-27(17(2)3)15-12-24-21(23-4)25-20-10-13-26(14-11-20)16-18-6-8-19(22)9-7-18;/h6-9,17,20H,5,10-16H2,1-4H3,(H2,23,24,25);1H. The maximum atomic E-state index is 4.40. The molecule has 1 saturated heterocycles. The van der Waals surface area contributed by atoms with Gasteiger partial charge in [0.05, 0.1) is 0 Å². The zero-order chi connectivity index (χ0) is 19.6. The molecule has 1 aliphatic heterocycles. The van der Waals surface area contributed by atoms with E-state index >= 15 is 0 Å². The van der Waals surface area contributed by atoms with Crippen LogP contribution >= 0.6 is 39.9 Å². The second kappa shape index (κ2) is 13.8. The molecule has 0 aliphatic carbocycles. The van der Waals surface area contributed by atoms with Crippen LogP contribution in [-0.2, 0) is 6.54 Å². The number of hydrogen-bond donors (Lipinski definition) is 2. The number of likely N-dealkylation sites (N-methyl/N-ethyl adjacent to an activating group) is 1. The Kier molecular flexibility index (Phi) is 12.6. The van der Waals surface area contributed by atoms with Crippen molar-refractivity contribution in [3.63, 3.8) is 0 Å². The van der Waals surface area contributed by atoms with Gasteiger partial charge in [-0.05, 0) is 50.9 Å². The number of halogens is 2. The predicted octanol–water partition coefficient (Wildman–Crippen LogP) is 3.93. The van der Waals surface area contributed by atoms with Gasteiger partial charge in [0.15, 0.2) is 5.96 Å². The topological polar surface area (TPSA) is 42.9 Å². The van der Waals surface area contributed by atoms with E-state index in [1.165, 1.54) is 5.56 Å². The Balaban J connectivity index is 0.00000392. The molecule has 0 unspecified atom stereocenters. The van der Waals surface area contributed by atoms with Crippen LogP contribution in [0.25, 0.3) is 0 Å². The van der Waals surface area contributed by atoms with Gasteiger partial charge in [-0.1, -0.05) is 35.0 Å². The summed E-state index contributed by atoms with van der Waals surface area (Å²) in [5.74, 6) is 0.932. The highest BCUT2D eigenvalue weighted by atomic mass is 127. The number of benzene rings is 1. The molecule has 0 saturated carbocycles. The molecule has 0 atom stereocenters. The number of likely N-dealkylation sites (tertiary alicyclic amines) is 1. The molecule has 0 bridgehead atoms. The average Bonchev–Trinajstić information content (AvgIpc) is 2.67. The fourth-order valence-corrected chi connectivity index (χ4v) is 3.84. The lowest BCUT2D eigenvalue weighted by atomic mass is 10.0. The maximum absolute atomic E-state index is 4.40. The Morgan fingerprint density at radius 1 is 1.25 bits per heavy atom. The van der Waals surface area contributed by atoms with E-state index in [1.807, 2.05) is 7.05 Å². The van der Waals surface area contributed by atoms with Gasteiger partial charge in [-0.3, -0.25) is 14.8 Å². The lowest BCUT2D eigenvalue weighted by Crippen LogP contribution is -2.49. The van der Waals surface area contributed by atoms with E-state index in [4.69, 9.17) is 0 Å². The molecule has 7 heteroatoms. The van der Waals surface area contributed by atoms with Crippen LogP contribution in [0.5, 0.6) is 0 Å². The van der Waals surface area contributed by atoms with Crippen molar-refractivity contribution in [1.29, 1.82) is 0 Å². The third-order valence-electron chi connectivity index (χ3n) is 5.30. The maximum Gasteiger partial charge on any atom is 0.191 e. The Hall–Kier alpha value is -0.380. The lowest BCUT2D eigenvalue weighted by Gasteiger charge is -2.33. The Bertz CT molecular complexity index is 571. The van der Waals surface area contributed by atoms with Crippen LogP contribution in [0.3, 0.4) is 0 Å². The number of piperidine rings is 1. The minimum atomic E-state index is 0. The van der Waals surface area contributed by atoms with Gasteiger partial charge in [0, 0.05) is 56.3 Å². The summed E-state index contributed by atoms with van der Waals surface area (Å²) >= 11 is 3.50. The number of guanidine groups is 1. The van der Waals surface area contributed by atoms with E-state index in [2.05, 4.69) is 86.4 Å². The second-order valence-corrected chi connectivity index (χ2v) is 8.46. The van der Waals surface area contributed by atoms with E-state index in [0.29, 0.717) is 12.1 Å². The molecule has 0 spiro atoms. The molecular weight excluding hydrogens is 529 g/mol. The summed E-state index contributed by atoms with van der Waals surface area (Å²) in [7, 11) is 1.86. The number of nitrogens with one attached hydrogen (secondary N) is 2. The third kappa shape index (κ3) is 8.97. The van der Waals surface area contributed by atoms with Gasteiger partial charge < -0.3 is 10.6 Å². The number of rotatable bonds is 8. The SMILES string of the molecule is CCN(CCNC(=NC)NC1CCN(Cc2ccc(Br)cc2)CC1)C(C)C.I. The highest BCUT2D eigenvalue weighted by Crippen LogP contribution is 2.16. The van der Waals surface area contributed by atoms with Gasteiger partial charge in [0.1, 0.15) is 0 Å².